The van der Waals surface area contributed by atoms with Gasteiger partial charge in [-0.2, -0.15) is 0 Å². The summed E-state index contributed by atoms with van der Waals surface area (Å²) >= 11 is 0. The Kier molecular flexibility index (Phi) is 1.96. The lowest BCUT2D eigenvalue weighted by atomic mass is 9.82. The van der Waals surface area contributed by atoms with Gasteiger partial charge in [-0.3, -0.25) is 0 Å². The van der Waals surface area contributed by atoms with Crippen LogP contribution in [-0.2, 0) is 12.8 Å². The van der Waals surface area contributed by atoms with Gasteiger partial charge in [0.25, 0.3) is 0 Å². The molecule has 1 aromatic carbocycles. The maximum atomic E-state index is 5.72. The summed E-state index contributed by atoms with van der Waals surface area (Å²) in [7, 11) is 5.72. The Hall–Kier alpha value is -0.715. The number of hydrogen-bond acceptors (Lipinski definition) is 0. The first-order chi connectivity index (χ1) is 5.75. The molecule has 60 valence electrons. The molecule has 0 fully saturated rings. The predicted molar refractivity (Wildman–Crippen MR) is 53.0 cm³/mol. The first-order valence-electron chi connectivity index (χ1n) is 4.63. The van der Waals surface area contributed by atoms with E-state index in [-0.39, 0.29) is 0 Å². The molecular formula is C11H13B. The van der Waals surface area contributed by atoms with Crippen LogP contribution in [0.5, 0.6) is 0 Å². The minimum atomic E-state index is 0.848. The Morgan fingerprint density at radius 2 is 2.17 bits per heavy atom. The molecule has 1 heteroatoms. The molecule has 2 rings (SSSR count). The van der Waals surface area contributed by atoms with Crippen LogP contribution in [0.4, 0.5) is 0 Å². The van der Waals surface area contributed by atoms with Crippen molar-refractivity contribution in [2.45, 2.75) is 26.2 Å². The lowest BCUT2D eigenvalue weighted by Crippen LogP contribution is -2.14. The van der Waals surface area contributed by atoms with Crippen molar-refractivity contribution in [3.05, 3.63) is 29.3 Å². The number of hydrogen-bond donors (Lipinski definition) is 0. The van der Waals surface area contributed by atoms with Crippen LogP contribution in [0.2, 0.25) is 0 Å². The Labute approximate surface area is 75.4 Å². The van der Waals surface area contributed by atoms with Gasteiger partial charge < -0.3 is 0 Å². The predicted octanol–water partition coefficient (Wildman–Crippen LogP) is 1.61. The molecule has 1 aliphatic rings. The van der Waals surface area contributed by atoms with E-state index in [1.54, 1.807) is 0 Å². The Bertz CT molecular complexity index is 291. The van der Waals surface area contributed by atoms with E-state index in [0.29, 0.717) is 0 Å². The standard InChI is InChI=1S/C11H13B/c1-8-2-3-10-7-11(12)5-4-9(10)6-8/h4-5,7-8H,2-3,6H2,1H3. The third kappa shape index (κ3) is 1.41. The van der Waals surface area contributed by atoms with Gasteiger partial charge in [-0.05, 0) is 36.3 Å². The normalized spacial score (nSPS) is 21.9. The molecular weight excluding hydrogens is 143 g/mol. The summed E-state index contributed by atoms with van der Waals surface area (Å²) < 4.78 is 0. The van der Waals surface area contributed by atoms with Gasteiger partial charge in [0.1, 0.15) is 7.85 Å². The lowest BCUT2D eigenvalue weighted by molar-refractivity contribution is 0.501. The second-order valence-electron chi connectivity index (χ2n) is 3.88. The Balaban J connectivity index is 2.37. The van der Waals surface area contributed by atoms with E-state index in [1.807, 2.05) is 6.07 Å². The van der Waals surface area contributed by atoms with Crippen molar-refractivity contribution in [2.24, 2.45) is 5.92 Å². The minimum absolute atomic E-state index is 0.848. The van der Waals surface area contributed by atoms with Crippen LogP contribution in [0.15, 0.2) is 18.2 Å². The lowest BCUT2D eigenvalue weighted by Gasteiger charge is -2.21. The van der Waals surface area contributed by atoms with Crippen molar-refractivity contribution in [1.29, 1.82) is 0 Å². The first-order valence-corrected chi connectivity index (χ1v) is 4.63. The smallest absolute Gasteiger partial charge is 0.0964 e. The first kappa shape index (κ1) is 7.91. The molecule has 0 N–H and O–H groups in total. The molecule has 2 radical (unpaired) electrons. The zero-order valence-corrected chi connectivity index (χ0v) is 7.51. The molecule has 12 heavy (non-hydrogen) atoms. The fourth-order valence-corrected chi connectivity index (χ4v) is 1.96. The molecule has 0 amide bonds. The van der Waals surface area contributed by atoms with Crippen molar-refractivity contribution < 1.29 is 0 Å². The molecule has 0 bridgehead atoms. The summed E-state index contributed by atoms with van der Waals surface area (Å²) in [5.74, 6) is 0.848. The molecule has 1 aromatic rings. The highest BCUT2D eigenvalue weighted by Crippen LogP contribution is 2.23. The zero-order chi connectivity index (χ0) is 8.55. The monoisotopic (exact) mass is 156 g/mol. The highest BCUT2D eigenvalue weighted by atomic mass is 14.2. The van der Waals surface area contributed by atoms with Gasteiger partial charge in [-0.15, -0.1) is 0 Å². The third-order valence-corrected chi connectivity index (χ3v) is 2.71. The molecule has 0 spiro atoms. The summed E-state index contributed by atoms with van der Waals surface area (Å²) in [5, 5.41) is 0. The van der Waals surface area contributed by atoms with E-state index in [4.69, 9.17) is 7.85 Å². The summed E-state index contributed by atoms with van der Waals surface area (Å²) in [5.41, 5.74) is 3.87. The van der Waals surface area contributed by atoms with E-state index >= 15 is 0 Å². The zero-order valence-electron chi connectivity index (χ0n) is 7.51. The fourth-order valence-electron chi connectivity index (χ4n) is 1.96. The van der Waals surface area contributed by atoms with Crippen LogP contribution in [-0.4, -0.2) is 7.85 Å². The van der Waals surface area contributed by atoms with Gasteiger partial charge in [0.15, 0.2) is 0 Å². The molecule has 0 saturated heterocycles. The van der Waals surface area contributed by atoms with E-state index in [9.17, 15) is 0 Å². The van der Waals surface area contributed by atoms with E-state index < -0.39 is 0 Å². The molecule has 1 aliphatic carbocycles. The summed E-state index contributed by atoms with van der Waals surface area (Å²) in [6.45, 7) is 2.32. The van der Waals surface area contributed by atoms with Crippen molar-refractivity contribution in [3.8, 4) is 0 Å². The Morgan fingerprint density at radius 1 is 1.33 bits per heavy atom. The maximum absolute atomic E-state index is 5.72. The molecule has 1 unspecified atom stereocenters. The molecule has 0 nitrogen and oxygen atoms in total. The van der Waals surface area contributed by atoms with Crippen molar-refractivity contribution in [1.82, 2.24) is 0 Å². The summed E-state index contributed by atoms with van der Waals surface area (Å²) in [6, 6.07) is 6.32. The van der Waals surface area contributed by atoms with Gasteiger partial charge >= 0.3 is 0 Å². The van der Waals surface area contributed by atoms with Gasteiger partial charge in [0.2, 0.25) is 0 Å². The van der Waals surface area contributed by atoms with Crippen LogP contribution in [0.3, 0.4) is 0 Å². The van der Waals surface area contributed by atoms with Gasteiger partial charge in [-0.25, -0.2) is 0 Å². The molecule has 0 saturated carbocycles. The SMILES string of the molecule is [B]c1ccc2c(c1)CCC(C)C2. The second kappa shape index (κ2) is 2.97. The van der Waals surface area contributed by atoms with E-state index in [1.165, 1.54) is 30.4 Å². The summed E-state index contributed by atoms with van der Waals surface area (Å²) in [6.07, 6.45) is 3.76. The van der Waals surface area contributed by atoms with Gasteiger partial charge in [0, 0.05) is 0 Å². The van der Waals surface area contributed by atoms with Crippen LogP contribution in [0, 0.1) is 5.92 Å². The van der Waals surface area contributed by atoms with E-state index in [0.717, 1.165) is 11.4 Å². The molecule has 0 aromatic heterocycles. The maximum Gasteiger partial charge on any atom is 0.113 e. The minimum Gasteiger partial charge on any atom is -0.0964 e. The van der Waals surface area contributed by atoms with Crippen molar-refractivity contribution in [2.75, 3.05) is 0 Å². The highest BCUT2D eigenvalue weighted by molar-refractivity contribution is 6.32. The molecule has 0 heterocycles. The van der Waals surface area contributed by atoms with Crippen LogP contribution >= 0.6 is 0 Å². The number of benzene rings is 1. The van der Waals surface area contributed by atoms with Crippen LogP contribution in [0.1, 0.15) is 24.5 Å². The molecule has 1 atom stereocenters. The average molecular weight is 156 g/mol. The topological polar surface area (TPSA) is 0 Å². The Morgan fingerprint density at radius 3 is 3.00 bits per heavy atom. The summed E-state index contributed by atoms with van der Waals surface area (Å²) in [4.78, 5) is 0. The fraction of sp³-hybridized carbons (Fsp3) is 0.455. The van der Waals surface area contributed by atoms with Gasteiger partial charge in [-0.1, -0.05) is 30.6 Å². The number of rotatable bonds is 0. The quantitative estimate of drug-likeness (QED) is 0.500. The van der Waals surface area contributed by atoms with Crippen LogP contribution < -0.4 is 5.46 Å². The van der Waals surface area contributed by atoms with Crippen LogP contribution in [0.25, 0.3) is 0 Å². The largest absolute Gasteiger partial charge is 0.113 e. The van der Waals surface area contributed by atoms with E-state index in [2.05, 4.69) is 19.1 Å². The third-order valence-electron chi connectivity index (χ3n) is 2.71. The van der Waals surface area contributed by atoms with Gasteiger partial charge in [0.05, 0.1) is 0 Å². The highest BCUT2D eigenvalue weighted by Gasteiger charge is 2.13. The van der Waals surface area contributed by atoms with Crippen molar-refractivity contribution >= 4 is 13.3 Å². The number of fused-ring (bicyclic) bond motifs is 1. The second-order valence-corrected chi connectivity index (χ2v) is 3.88. The van der Waals surface area contributed by atoms with Crippen molar-refractivity contribution in [3.63, 3.8) is 0 Å². The average Bonchev–Trinajstić information content (AvgIpc) is 2.05. The number of aryl methyl sites for hydroxylation is 1. The molecule has 0 aliphatic heterocycles.